The Morgan fingerprint density at radius 2 is 1.16 bits per heavy atom. The van der Waals surface area contributed by atoms with Crippen LogP contribution in [0.1, 0.15) is 54.9 Å². The number of likely N-dealkylation sites (N-methyl/N-ethyl adjacent to an activating group) is 1. The number of nitrogen functional groups attached to an aromatic ring is 1. The van der Waals surface area contributed by atoms with Crippen LogP contribution in [0, 0.1) is 25.7 Å². The second kappa shape index (κ2) is 20.6. The second-order valence-electron chi connectivity index (χ2n) is 17.4. The third-order valence-corrected chi connectivity index (χ3v) is 13.6. The summed E-state index contributed by atoms with van der Waals surface area (Å²) in [7, 11) is 0. The Morgan fingerprint density at radius 3 is 1.69 bits per heavy atom. The molecule has 7 aromatic rings. The molecule has 3 fully saturated rings. The number of nitrogens with one attached hydrogen (secondary N) is 4. The van der Waals surface area contributed by atoms with Gasteiger partial charge in [0, 0.05) is 85.9 Å². The van der Waals surface area contributed by atoms with Gasteiger partial charge in [-0.2, -0.15) is 13.2 Å². The highest BCUT2D eigenvalue weighted by molar-refractivity contribution is 7.22. The molecule has 21 heteroatoms. The van der Waals surface area contributed by atoms with Gasteiger partial charge in [-0.1, -0.05) is 47.8 Å². The van der Waals surface area contributed by atoms with E-state index in [0.717, 1.165) is 72.9 Å². The predicted octanol–water partition coefficient (Wildman–Crippen LogP) is 10.7. The van der Waals surface area contributed by atoms with Crippen molar-refractivity contribution in [3.63, 3.8) is 0 Å². The number of alkyl halides is 3. The van der Waals surface area contributed by atoms with Gasteiger partial charge in [0.05, 0.1) is 5.56 Å². The Kier molecular flexibility index (Phi) is 14.1. The Morgan fingerprint density at radius 1 is 0.657 bits per heavy atom. The number of benzene rings is 3. The zero-order valence-corrected chi connectivity index (χ0v) is 40.1. The van der Waals surface area contributed by atoms with Crippen molar-refractivity contribution in [2.45, 2.75) is 59.2 Å². The molecule has 0 radical (unpaired) electrons. The quantitative estimate of drug-likeness (QED) is 0.0686. The van der Waals surface area contributed by atoms with Crippen molar-refractivity contribution >= 4 is 88.5 Å². The molecular formula is C49H50F3N11O5S2. The number of amides is 4. The molecule has 3 aliphatic rings. The van der Waals surface area contributed by atoms with Gasteiger partial charge in [-0.05, 0) is 99.2 Å². The zero-order valence-electron chi connectivity index (χ0n) is 38.5. The lowest BCUT2D eigenvalue weighted by atomic mass is 10.0. The van der Waals surface area contributed by atoms with Gasteiger partial charge < -0.3 is 41.4 Å². The summed E-state index contributed by atoms with van der Waals surface area (Å²) in [6, 6.07) is 20.7. The van der Waals surface area contributed by atoms with Gasteiger partial charge in [-0.3, -0.25) is 14.5 Å². The molecule has 16 nitrogen and oxygen atoms in total. The van der Waals surface area contributed by atoms with Crippen LogP contribution in [-0.2, 0) is 22.3 Å². The van der Waals surface area contributed by atoms with Crippen LogP contribution in [0.5, 0.6) is 23.3 Å². The van der Waals surface area contributed by atoms with Crippen LogP contribution in [0.15, 0.2) is 78.9 Å². The summed E-state index contributed by atoms with van der Waals surface area (Å²) in [6.07, 6.45) is -0.851. The molecule has 10 rings (SSSR count). The molecule has 0 unspecified atom stereocenters. The van der Waals surface area contributed by atoms with Crippen LogP contribution < -0.4 is 36.5 Å². The van der Waals surface area contributed by atoms with Crippen LogP contribution in [0.4, 0.5) is 45.3 Å². The third-order valence-electron chi connectivity index (χ3n) is 11.9. The molecule has 5 heterocycles. The fraction of sp³-hybridized carbons (Fsp3) is 0.327. The first-order chi connectivity index (χ1) is 33.6. The Bertz CT molecular complexity index is 3080. The number of thiazole rings is 2. The molecule has 2 aliphatic carbocycles. The van der Waals surface area contributed by atoms with Crippen molar-refractivity contribution in [1.29, 1.82) is 0 Å². The smallest absolute Gasteiger partial charge is 0.416 e. The van der Waals surface area contributed by atoms with Crippen molar-refractivity contribution in [2.75, 3.05) is 59.7 Å². The largest absolute Gasteiger partial charge is 0.439 e. The highest BCUT2D eigenvalue weighted by Crippen LogP contribution is 2.37. The van der Waals surface area contributed by atoms with Gasteiger partial charge >= 0.3 is 12.2 Å². The number of hydrogen-bond donors (Lipinski definition) is 5. The van der Waals surface area contributed by atoms with Crippen LogP contribution in [0.25, 0.3) is 20.7 Å². The molecule has 364 valence electrons. The van der Waals surface area contributed by atoms with Crippen LogP contribution >= 0.6 is 22.7 Å². The highest BCUT2D eigenvalue weighted by atomic mass is 32.1. The molecule has 0 spiro atoms. The molecule has 1 aliphatic heterocycles. The fourth-order valence-corrected chi connectivity index (χ4v) is 9.19. The number of urea groups is 1. The standard InChI is InChI=1S/C32H34F3N7O3S.C17H16N4O2S/c1-3-41-12-14-42(15-13-41)18-21-7-9-22(16-24(21)32(33,34)35)36-30(44)37-23-8-4-19(2)26(17-23)45-27-11-10-25-29(39-27)46-31(38-25)40-28(43)20-5-6-20;1-9-2-5-11(18)8-13(9)23-14-7-6-12-16(20-14)24-17(19-12)21-15(22)10-3-4-10/h4,7-11,16-17,20H,3,5-6,12-15,18H2,1-2H3,(H2,36,37,44)(H,38,40,43);2,5-8,10H,3-4,18H2,1H3,(H,19,21,22). The van der Waals surface area contributed by atoms with E-state index in [1.54, 1.807) is 42.5 Å². The molecular weight excluding hydrogens is 944 g/mol. The maximum absolute atomic E-state index is 14.0. The molecule has 2 saturated carbocycles. The number of pyridine rings is 2. The minimum Gasteiger partial charge on any atom is -0.439 e. The molecule has 70 heavy (non-hydrogen) atoms. The van der Waals surface area contributed by atoms with E-state index in [1.807, 2.05) is 36.9 Å². The highest BCUT2D eigenvalue weighted by Gasteiger charge is 2.35. The van der Waals surface area contributed by atoms with E-state index in [0.29, 0.717) is 68.3 Å². The lowest BCUT2D eigenvalue weighted by molar-refractivity contribution is -0.138. The number of halogens is 3. The van der Waals surface area contributed by atoms with E-state index in [4.69, 9.17) is 15.2 Å². The molecule has 4 aromatic heterocycles. The van der Waals surface area contributed by atoms with Crippen molar-refractivity contribution in [3.05, 3.63) is 101 Å². The summed E-state index contributed by atoms with van der Waals surface area (Å²) in [6.45, 7) is 10.0. The zero-order chi connectivity index (χ0) is 49.1. The van der Waals surface area contributed by atoms with Gasteiger partial charge in [-0.25, -0.2) is 24.7 Å². The first kappa shape index (κ1) is 48.1. The SMILES string of the molecule is CCN1CCN(Cc2ccc(NC(=O)Nc3ccc(C)c(Oc4ccc5nc(NC(=O)C6CC6)sc5n4)c3)cc2C(F)(F)F)CC1.Cc1ccc(N)cc1Oc1ccc2nc(NC(=O)C3CC3)sc2n1. The molecule has 6 N–H and O–H groups in total. The number of carbonyl (C=O) groups is 3. The van der Waals surface area contributed by atoms with Crippen LogP contribution in [0.2, 0.25) is 0 Å². The van der Waals surface area contributed by atoms with Gasteiger partial charge in [0.25, 0.3) is 0 Å². The summed E-state index contributed by atoms with van der Waals surface area (Å²) >= 11 is 2.59. The Hall–Kier alpha value is -6.94. The van der Waals surface area contributed by atoms with Gasteiger partial charge in [-0.15, -0.1) is 0 Å². The van der Waals surface area contributed by atoms with E-state index in [2.05, 4.69) is 53.0 Å². The van der Waals surface area contributed by atoms with Gasteiger partial charge in [0.1, 0.15) is 32.2 Å². The molecule has 3 aromatic carbocycles. The fourth-order valence-electron chi connectivity index (χ4n) is 7.52. The van der Waals surface area contributed by atoms with Crippen molar-refractivity contribution in [3.8, 4) is 23.3 Å². The minimum absolute atomic E-state index is 0.0303. The van der Waals surface area contributed by atoms with E-state index in [9.17, 15) is 27.6 Å². The number of ether oxygens (including phenoxy) is 2. The van der Waals surface area contributed by atoms with Gasteiger partial charge in [0.15, 0.2) is 10.3 Å². The van der Waals surface area contributed by atoms with Crippen LogP contribution in [0.3, 0.4) is 0 Å². The summed E-state index contributed by atoms with van der Waals surface area (Å²) < 4.78 is 53.9. The van der Waals surface area contributed by atoms with E-state index in [-0.39, 0.29) is 41.4 Å². The maximum atomic E-state index is 14.0. The third kappa shape index (κ3) is 12.3. The maximum Gasteiger partial charge on any atom is 0.416 e. The molecule has 4 amide bonds. The number of nitrogens with zero attached hydrogens (tertiary/aromatic N) is 6. The van der Waals surface area contributed by atoms with E-state index >= 15 is 0 Å². The summed E-state index contributed by atoms with van der Waals surface area (Å²) in [5, 5.41) is 11.9. The molecule has 0 atom stereocenters. The first-order valence-corrected chi connectivity index (χ1v) is 24.5. The van der Waals surface area contributed by atoms with Crippen molar-refractivity contribution in [1.82, 2.24) is 29.7 Å². The summed E-state index contributed by atoms with van der Waals surface area (Å²) in [4.78, 5) is 60.1. The summed E-state index contributed by atoms with van der Waals surface area (Å²) in [5.41, 5.74) is 9.38. The molecule has 0 bridgehead atoms. The number of nitrogens with two attached hydrogens (primary N) is 1. The Labute approximate surface area is 408 Å². The number of aryl methyl sites for hydroxylation is 2. The second-order valence-corrected chi connectivity index (χ2v) is 19.3. The first-order valence-electron chi connectivity index (χ1n) is 22.8. The average molecular weight is 994 g/mol. The average Bonchev–Trinajstić information content (AvgIpc) is 4.27. The van der Waals surface area contributed by atoms with Crippen LogP contribution in [-0.4, -0.2) is 80.3 Å². The monoisotopic (exact) mass is 993 g/mol. The van der Waals surface area contributed by atoms with Crippen molar-refractivity contribution < 1.29 is 37.0 Å². The number of anilines is 5. The lowest BCUT2D eigenvalue weighted by Gasteiger charge is -2.34. The minimum atomic E-state index is -4.57. The van der Waals surface area contributed by atoms with E-state index in [1.165, 1.54) is 34.8 Å². The number of fused-ring (bicyclic) bond motifs is 2. The van der Waals surface area contributed by atoms with Crippen molar-refractivity contribution in [2.24, 2.45) is 11.8 Å². The topological polar surface area (TPSA) is 202 Å². The number of hydrogen-bond acceptors (Lipinski definition) is 14. The van der Waals surface area contributed by atoms with Gasteiger partial charge in [0.2, 0.25) is 23.6 Å². The predicted molar refractivity (Wildman–Crippen MR) is 266 cm³/mol. The van der Waals surface area contributed by atoms with E-state index < -0.39 is 17.8 Å². The lowest BCUT2D eigenvalue weighted by Crippen LogP contribution is -2.45. The number of aromatic nitrogens is 4. The molecule has 1 saturated heterocycles. The number of piperazine rings is 1. The Balaban J connectivity index is 0.000000212. The normalized spacial score (nSPS) is 15.2. The number of rotatable bonds is 13. The number of carbonyl (C=O) groups excluding carboxylic acids is 3. The summed E-state index contributed by atoms with van der Waals surface area (Å²) in [5.74, 6) is 2.09.